The van der Waals surface area contributed by atoms with Gasteiger partial charge in [0.1, 0.15) is 13.2 Å². The SMILES string of the molecule is CC(C)(C)N=C1NN=C(c2ccc3c(c2)OCCO3)CS1. The molecule has 0 saturated carbocycles. The summed E-state index contributed by atoms with van der Waals surface area (Å²) >= 11 is 1.67. The maximum absolute atomic E-state index is 5.61. The lowest BCUT2D eigenvalue weighted by Crippen LogP contribution is -2.28. The van der Waals surface area contributed by atoms with Crippen LogP contribution in [0.5, 0.6) is 11.5 Å². The number of amidine groups is 1. The molecule has 2 heterocycles. The van der Waals surface area contributed by atoms with E-state index in [1.807, 2.05) is 18.2 Å². The second-order valence-corrected chi connectivity index (χ2v) is 6.87. The van der Waals surface area contributed by atoms with Gasteiger partial charge in [0.05, 0.1) is 11.3 Å². The number of nitrogens with one attached hydrogen (secondary N) is 1. The van der Waals surface area contributed by atoms with Crippen LogP contribution in [0.25, 0.3) is 0 Å². The normalized spacial score (nSPS) is 20.0. The fourth-order valence-corrected chi connectivity index (χ4v) is 3.00. The molecular formula is C15H19N3O2S. The summed E-state index contributed by atoms with van der Waals surface area (Å²) in [6.45, 7) is 7.42. The van der Waals surface area contributed by atoms with Crippen LogP contribution in [0.3, 0.4) is 0 Å². The second kappa shape index (κ2) is 5.60. The lowest BCUT2D eigenvalue weighted by molar-refractivity contribution is 0.171. The molecule has 0 aromatic heterocycles. The van der Waals surface area contributed by atoms with Crippen molar-refractivity contribution in [2.45, 2.75) is 26.3 Å². The first kappa shape index (κ1) is 14.3. The van der Waals surface area contributed by atoms with Crippen LogP contribution < -0.4 is 14.9 Å². The third kappa shape index (κ3) is 3.50. The van der Waals surface area contributed by atoms with Crippen LogP contribution in [0, 0.1) is 0 Å². The zero-order chi connectivity index (χ0) is 14.9. The van der Waals surface area contributed by atoms with Crippen molar-refractivity contribution >= 4 is 22.6 Å². The molecule has 0 amide bonds. The highest BCUT2D eigenvalue weighted by Crippen LogP contribution is 2.31. The van der Waals surface area contributed by atoms with E-state index in [4.69, 9.17) is 9.47 Å². The fraction of sp³-hybridized carbons (Fsp3) is 0.467. The van der Waals surface area contributed by atoms with E-state index in [0.29, 0.717) is 13.2 Å². The van der Waals surface area contributed by atoms with Crippen molar-refractivity contribution in [2.24, 2.45) is 10.1 Å². The molecule has 0 saturated heterocycles. The minimum Gasteiger partial charge on any atom is -0.486 e. The fourth-order valence-electron chi connectivity index (χ4n) is 2.05. The lowest BCUT2D eigenvalue weighted by Gasteiger charge is -2.21. The molecule has 1 N–H and O–H groups in total. The molecular weight excluding hydrogens is 286 g/mol. The number of ether oxygens (including phenoxy) is 2. The van der Waals surface area contributed by atoms with Gasteiger partial charge in [-0.3, -0.25) is 10.4 Å². The largest absolute Gasteiger partial charge is 0.486 e. The molecule has 0 bridgehead atoms. The van der Waals surface area contributed by atoms with Gasteiger partial charge in [0.15, 0.2) is 16.7 Å². The van der Waals surface area contributed by atoms with Gasteiger partial charge in [0.25, 0.3) is 0 Å². The predicted octanol–water partition coefficient (Wildman–Crippen LogP) is 2.65. The molecule has 0 fully saturated rings. The minimum absolute atomic E-state index is 0.0979. The van der Waals surface area contributed by atoms with Gasteiger partial charge >= 0.3 is 0 Å². The van der Waals surface area contributed by atoms with Gasteiger partial charge in [0, 0.05) is 11.3 Å². The van der Waals surface area contributed by atoms with Crippen molar-refractivity contribution in [3.63, 3.8) is 0 Å². The van der Waals surface area contributed by atoms with Crippen molar-refractivity contribution in [1.82, 2.24) is 5.43 Å². The van der Waals surface area contributed by atoms with E-state index >= 15 is 0 Å². The maximum Gasteiger partial charge on any atom is 0.178 e. The number of nitrogens with zero attached hydrogens (tertiary/aromatic N) is 2. The zero-order valence-electron chi connectivity index (χ0n) is 12.5. The first-order valence-electron chi connectivity index (χ1n) is 6.96. The van der Waals surface area contributed by atoms with E-state index in [2.05, 4.69) is 36.3 Å². The van der Waals surface area contributed by atoms with Crippen LogP contribution in [0.1, 0.15) is 26.3 Å². The molecule has 5 nitrogen and oxygen atoms in total. The van der Waals surface area contributed by atoms with E-state index in [1.54, 1.807) is 11.8 Å². The molecule has 112 valence electrons. The molecule has 2 aliphatic rings. The second-order valence-electron chi connectivity index (χ2n) is 5.91. The summed E-state index contributed by atoms with van der Waals surface area (Å²) < 4.78 is 11.1. The lowest BCUT2D eigenvalue weighted by atomic mass is 10.1. The van der Waals surface area contributed by atoms with Gasteiger partial charge in [-0.05, 0) is 39.0 Å². The number of fused-ring (bicyclic) bond motifs is 1. The van der Waals surface area contributed by atoms with E-state index in [-0.39, 0.29) is 5.54 Å². The van der Waals surface area contributed by atoms with Gasteiger partial charge in [-0.25, -0.2) is 0 Å². The van der Waals surface area contributed by atoms with Crippen molar-refractivity contribution < 1.29 is 9.47 Å². The zero-order valence-corrected chi connectivity index (χ0v) is 13.3. The molecule has 0 radical (unpaired) electrons. The summed E-state index contributed by atoms with van der Waals surface area (Å²) in [6, 6.07) is 5.94. The average molecular weight is 305 g/mol. The van der Waals surface area contributed by atoms with Gasteiger partial charge in [-0.15, -0.1) is 0 Å². The molecule has 1 aromatic carbocycles. The average Bonchev–Trinajstić information content (AvgIpc) is 2.46. The quantitative estimate of drug-likeness (QED) is 0.866. The summed E-state index contributed by atoms with van der Waals surface area (Å²) in [5.41, 5.74) is 4.98. The number of hydrogen-bond acceptors (Lipinski definition) is 5. The van der Waals surface area contributed by atoms with Crippen molar-refractivity contribution in [3.8, 4) is 11.5 Å². The Balaban J connectivity index is 1.78. The van der Waals surface area contributed by atoms with E-state index in [9.17, 15) is 0 Å². The van der Waals surface area contributed by atoms with Gasteiger partial charge in [0.2, 0.25) is 0 Å². The highest BCUT2D eigenvalue weighted by atomic mass is 32.2. The molecule has 6 heteroatoms. The Bertz CT molecular complexity index is 605. The Morgan fingerprint density at radius 1 is 1.19 bits per heavy atom. The predicted molar refractivity (Wildman–Crippen MR) is 86.8 cm³/mol. The third-order valence-corrected chi connectivity index (χ3v) is 3.82. The number of aliphatic imine (C=N–C) groups is 1. The van der Waals surface area contributed by atoms with E-state index < -0.39 is 0 Å². The van der Waals surface area contributed by atoms with Crippen LogP contribution in [-0.2, 0) is 0 Å². The van der Waals surface area contributed by atoms with Crippen LogP contribution in [0.2, 0.25) is 0 Å². The first-order valence-corrected chi connectivity index (χ1v) is 7.95. The van der Waals surface area contributed by atoms with Crippen LogP contribution >= 0.6 is 11.8 Å². The monoisotopic (exact) mass is 305 g/mol. The Hall–Kier alpha value is -1.69. The topological polar surface area (TPSA) is 55.2 Å². The smallest absolute Gasteiger partial charge is 0.178 e. The van der Waals surface area contributed by atoms with Crippen molar-refractivity contribution in [1.29, 1.82) is 0 Å². The third-order valence-electron chi connectivity index (χ3n) is 2.94. The molecule has 1 aromatic rings. The number of hydrogen-bond donors (Lipinski definition) is 1. The van der Waals surface area contributed by atoms with Crippen molar-refractivity contribution in [2.75, 3.05) is 19.0 Å². The Labute approximate surface area is 128 Å². The van der Waals surface area contributed by atoms with Gasteiger partial charge < -0.3 is 9.47 Å². The molecule has 3 rings (SSSR count). The minimum atomic E-state index is -0.0979. The molecule has 21 heavy (non-hydrogen) atoms. The Morgan fingerprint density at radius 3 is 2.62 bits per heavy atom. The Kier molecular flexibility index (Phi) is 3.80. The Morgan fingerprint density at radius 2 is 1.95 bits per heavy atom. The molecule has 0 aliphatic carbocycles. The number of thioether (sulfide) groups is 1. The highest BCUT2D eigenvalue weighted by molar-refractivity contribution is 8.14. The summed E-state index contributed by atoms with van der Waals surface area (Å²) in [4.78, 5) is 4.58. The first-order chi connectivity index (χ1) is 10.0. The number of hydrazone groups is 1. The summed E-state index contributed by atoms with van der Waals surface area (Å²) in [6.07, 6.45) is 0. The van der Waals surface area contributed by atoms with Gasteiger partial charge in [-0.1, -0.05) is 11.8 Å². The van der Waals surface area contributed by atoms with E-state index in [1.165, 1.54) is 0 Å². The number of benzene rings is 1. The summed E-state index contributed by atoms with van der Waals surface area (Å²) in [7, 11) is 0. The van der Waals surface area contributed by atoms with Gasteiger partial charge in [-0.2, -0.15) is 5.10 Å². The summed E-state index contributed by atoms with van der Waals surface area (Å²) in [5.74, 6) is 2.39. The van der Waals surface area contributed by atoms with E-state index in [0.717, 1.165) is 33.7 Å². The highest BCUT2D eigenvalue weighted by Gasteiger charge is 2.18. The standard InChI is InChI=1S/C15H19N3O2S/c1-15(2,3)16-14-18-17-11(9-21-14)10-4-5-12-13(8-10)20-7-6-19-12/h4-5,8H,6-7,9H2,1-3H3,(H,16,18). The molecule has 0 atom stereocenters. The number of rotatable bonds is 1. The van der Waals surface area contributed by atoms with Crippen molar-refractivity contribution in [3.05, 3.63) is 23.8 Å². The molecule has 2 aliphatic heterocycles. The molecule has 0 spiro atoms. The molecule has 0 unspecified atom stereocenters. The van der Waals surface area contributed by atoms with Crippen LogP contribution in [-0.4, -0.2) is 35.4 Å². The van der Waals surface area contributed by atoms with Crippen LogP contribution in [0.4, 0.5) is 0 Å². The summed E-state index contributed by atoms with van der Waals surface area (Å²) in [5, 5.41) is 5.30. The van der Waals surface area contributed by atoms with Crippen LogP contribution in [0.15, 0.2) is 28.3 Å². The maximum atomic E-state index is 5.61.